The summed E-state index contributed by atoms with van der Waals surface area (Å²) in [5, 5.41) is 3.45. The summed E-state index contributed by atoms with van der Waals surface area (Å²) >= 11 is 0. The highest BCUT2D eigenvalue weighted by Gasteiger charge is 2.40. The number of hydrogen-bond donors (Lipinski definition) is 1. The highest BCUT2D eigenvalue weighted by atomic mass is 16.2. The fraction of sp³-hybridized carbons (Fsp3) is 0.435. The summed E-state index contributed by atoms with van der Waals surface area (Å²) < 4.78 is 0. The second-order valence-corrected chi connectivity index (χ2v) is 8.02. The van der Waals surface area contributed by atoms with Crippen LogP contribution in [0.25, 0.3) is 0 Å². The van der Waals surface area contributed by atoms with E-state index in [4.69, 9.17) is 0 Å². The van der Waals surface area contributed by atoms with Gasteiger partial charge >= 0.3 is 0 Å². The summed E-state index contributed by atoms with van der Waals surface area (Å²) in [6, 6.07) is 19.1. The van der Waals surface area contributed by atoms with Crippen LogP contribution in [0.3, 0.4) is 0 Å². The first-order chi connectivity index (χ1) is 13.1. The van der Waals surface area contributed by atoms with E-state index >= 15 is 0 Å². The molecule has 1 fully saturated rings. The van der Waals surface area contributed by atoms with Gasteiger partial charge in [-0.05, 0) is 50.0 Å². The molecule has 4 nitrogen and oxygen atoms in total. The van der Waals surface area contributed by atoms with Gasteiger partial charge in [-0.3, -0.25) is 9.69 Å². The minimum Gasteiger partial charge on any atom is -0.341 e. The molecule has 2 aromatic carbocycles. The Morgan fingerprint density at radius 1 is 1.00 bits per heavy atom. The number of nitrogens with zero attached hydrogens (tertiary/aromatic N) is 2. The van der Waals surface area contributed by atoms with Crippen LogP contribution >= 0.6 is 0 Å². The molecule has 0 aliphatic carbocycles. The smallest absolute Gasteiger partial charge is 0.240 e. The number of carbonyl (C=O) groups excluding carboxylic acids is 1. The van der Waals surface area contributed by atoms with Gasteiger partial charge in [-0.2, -0.15) is 0 Å². The van der Waals surface area contributed by atoms with Crippen molar-refractivity contribution in [2.75, 3.05) is 27.2 Å². The monoisotopic (exact) mass is 363 g/mol. The van der Waals surface area contributed by atoms with Gasteiger partial charge in [0.1, 0.15) is 0 Å². The van der Waals surface area contributed by atoms with E-state index in [1.54, 1.807) is 0 Å². The zero-order valence-corrected chi connectivity index (χ0v) is 16.3. The van der Waals surface area contributed by atoms with Gasteiger partial charge < -0.3 is 10.2 Å². The van der Waals surface area contributed by atoms with Crippen LogP contribution in [-0.4, -0.2) is 48.9 Å². The van der Waals surface area contributed by atoms with E-state index in [0.29, 0.717) is 0 Å². The Labute approximate surface area is 162 Å². The van der Waals surface area contributed by atoms with Crippen LogP contribution in [0, 0.1) is 0 Å². The fourth-order valence-corrected chi connectivity index (χ4v) is 4.69. The van der Waals surface area contributed by atoms with Crippen LogP contribution in [0.4, 0.5) is 0 Å². The minimum absolute atomic E-state index is 0.0185. The van der Waals surface area contributed by atoms with Crippen LogP contribution in [0.1, 0.15) is 29.5 Å². The number of fused-ring (bicyclic) bond motifs is 1. The van der Waals surface area contributed by atoms with E-state index in [2.05, 4.69) is 83.8 Å². The van der Waals surface area contributed by atoms with Crippen molar-refractivity contribution in [3.8, 4) is 0 Å². The second-order valence-electron chi connectivity index (χ2n) is 8.02. The number of benzene rings is 2. The molecule has 1 atom stereocenters. The van der Waals surface area contributed by atoms with Crippen molar-refractivity contribution in [3.63, 3.8) is 0 Å². The summed E-state index contributed by atoms with van der Waals surface area (Å²) in [6.07, 6.45) is 2.74. The Bertz CT molecular complexity index is 794. The molecule has 0 aromatic heterocycles. The van der Waals surface area contributed by atoms with E-state index in [-0.39, 0.29) is 17.5 Å². The zero-order valence-electron chi connectivity index (χ0n) is 16.3. The fourth-order valence-electron chi connectivity index (χ4n) is 4.69. The number of nitrogens with one attached hydrogen (secondary N) is 1. The van der Waals surface area contributed by atoms with Gasteiger partial charge in [-0.15, -0.1) is 0 Å². The van der Waals surface area contributed by atoms with Crippen molar-refractivity contribution in [2.24, 2.45) is 0 Å². The predicted molar refractivity (Wildman–Crippen MR) is 108 cm³/mol. The lowest BCUT2D eigenvalue weighted by Gasteiger charge is -2.47. The molecule has 0 radical (unpaired) electrons. The summed E-state index contributed by atoms with van der Waals surface area (Å²) in [7, 11) is 4.31. The lowest BCUT2D eigenvalue weighted by molar-refractivity contribution is -0.136. The molecule has 0 bridgehead atoms. The molecule has 4 heteroatoms. The number of hydrogen-bond acceptors (Lipinski definition) is 3. The Balaban J connectivity index is 1.45. The minimum atomic E-state index is -0.0940. The molecule has 0 unspecified atom stereocenters. The summed E-state index contributed by atoms with van der Waals surface area (Å²) in [4.78, 5) is 17.5. The number of likely N-dealkylation sites (tertiary alicyclic amines) is 1. The van der Waals surface area contributed by atoms with E-state index < -0.39 is 0 Å². The third kappa shape index (κ3) is 3.40. The SMILES string of the molecule is CN(C)C1(c2ccccc2)CCN(C(=O)[C@H]2Cc3ccccc3CN2)CC1. The first-order valence-corrected chi connectivity index (χ1v) is 9.92. The van der Waals surface area contributed by atoms with Crippen LogP contribution in [-0.2, 0) is 23.3 Å². The van der Waals surface area contributed by atoms with Gasteiger partial charge in [0.15, 0.2) is 0 Å². The third-order valence-corrected chi connectivity index (χ3v) is 6.45. The first-order valence-electron chi connectivity index (χ1n) is 9.92. The molecule has 27 heavy (non-hydrogen) atoms. The maximum atomic E-state index is 13.1. The van der Waals surface area contributed by atoms with Gasteiger partial charge in [0, 0.05) is 25.2 Å². The summed E-state index contributed by atoms with van der Waals surface area (Å²) in [5.41, 5.74) is 3.99. The van der Waals surface area contributed by atoms with Crippen LogP contribution < -0.4 is 5.32 Å². The molecule has 1 amide bonds. The molecule has 2 heterocycles. The molecular weight excluding hydrogens is 334 g/mol. The molecule has 142 valence electrons. The van der Waals surface area contributed by atoms with Crippen molar-refractivity contribution >= 4 is 5.91 Å². The van der Waals surface area contributed by atoms with E-state index in [9.17, 15) is 4.79 Å². The van der Waals surface area contributed by atoms with E-state index in [1.807, 2.05) is 0 Å². The number of piperidine rings is 1. The van der Waals surface area contributed by atoms with Crippen molar-refractivity contribution in [3.05, 3.63) is 71.3 Å². The molecule has 0 saturated carbocycles. The largest absolute Gasteiger partial charge is 0.341 e. The lowest BCUT2D eigenvalue weighted by atomic mass is 9.79. The lowest BCUT2D eigenvalue weighted by Crippen LogP contribution is -2.56. The summed E-state index contributed by atoms with van der Waals surface area (Å²) in [6.45, 7) is 2.41. The van der Waals surface area contributed by atoms with Gasteiger partial charge in [-0.25, -0.2) is 0 Å². The maximum absolute atomic E-state index is 13.1. The normalized spacial score (nSPS) is 21.7. The Kier molecular flexibility index (Phi) is 5.02. The van der Waals surface area contributed by atoms with Gasteiger partial charge in [-0.1, -0.05) is 54.6 Å². The highest BCUT2D eigenvalue weighted by Crippen LogP contribution is 2.37. The van der Waals surface area contributed by atoms with Crippen molar-refractivity contribution in [1.29, 1.82) is 0 Å². The Hall–Kier alpha value is -2.17. The Morgan fingerprint density at radius 3 is 2.30 bits per heavy atom. The van der Waals surface area contributed by atoms with Crippen LogP contribution in [0.5, 0.6) is 0 Å². The van der Waals surface area contributed by atoms with Gasteiger partial charge in [0.2, 0.25) is 5.91 Å². The molecular formula is C23H29N3O. The first kappa shape index (κ1) is 18.2. The topological polar surface area (TPSA) is 35.6 Å². The van der Waals surface area contributed by atoms with Crippen molar-refractivity contribution < 1.29 is 4.79 Å². The Morgan fingerprint density at radius 2 is 1.63 bits per heavy atom. The van der Waals surface area contributed by atoms with Gasteiger partial charge in [0.05, 0.1) is 6.04 Å². The average molecular weight is 364 g/mol. The predicted octanol–water partition coefficient (Wildman–Crippen LogP) is 2.78. The molecule has 1 saturated heterocycles. The molecule has 2 aromatic rings. The molecule has 1 N–H and O–H groups in total. The van der Waals surface area contributed by atoms with E-state index in [0.717, 1.165) is 38.9 Å². The van der Waals surface area contributed by atoms with Crippen molar-refractivity contribution in [1.82, 2.24) is 15.1 Å². The molecule has 2 aliphatic heterocycles. The number of carbonyl (C=O) groups is 1. The van der Waals surface area contributed by atoms with Gasteiger partial charge in [0.25, 0.3) is 0 Å². The highest BCUT2D eigenvalue weighted by molar-refractivity contribution is 5.82. The average Bonchev–Trinajstić information content (AvgIpc) is 2.73. The summed E-state index contributed by atoms with van der Waals surface area (Å²) in [5.74, 6) is 0.255. The molecule has 4 rings (SSSR count). The third-order valence-electron chi connectivity index (χ3n) is 6.45. The standard InChI is InChI=1S/C23H29N3O/c1-25(2)23(20-10-4-3-5-11-20)12-14-26(15-13-23)22(27)21-16-18-8-6-7-9-19(18)17-24-21/h3-11,21,24H,12-17H2,1-2H3/t21-/m1/s1. The quantitative estimate of drug-likeness (QED) is 0.911. The second kappa shape index (κ2) is 7.45. The van der Waals surface area contributed by atoms with Crippen molar-refractivity contribution in [2.45, 2.75) is 37.4 Å². The zero-order chi connectivity index (χ0) is 18.9. The van der Waals surface area contributed by atoms with Crippen LogP contribution in [0.2, 0.25) is 0 Å². The molecule has 0 spiro atoms. The molecule has 2 aliphatic rings. The van der Waals surface area contributed by atoms with Crippen LogP contribution in [0.15, 0.2) is 54.6 Å². The maximum Gasteiger partial charge on any atom is 0.240 e. The number of amides is 1. The number of rotatable bonds is 3. The van der Waals surface area contributed by atoms with E-state index in [1.165, 1.54) is 16.7 Å².